The van der Waals surface area contributed by atoms with E-state index in [-0.39, 0.29) is 5.91 Å². The van der Waals surface area contributed by atoms with E-state index >= 15 is 0 Å². The van der Waals surface area contributed by atoms with Crippen LogP contribution in [0, 0.1) is 0 Å². The molecule has 1 heterocycles. The zero-order valence-electron chi connectivity index (χ0n) is 9.87. The van der Waals surface area contributed by atoms with Gasteiger partial charge in [0.05, 0.1) is 5.69 Å². The molecule has 0 saturated heterocycles. The third-order valence-electron chi connectivity index (χ3n) is 1.96. The summed E-state index contributed by atoms with van der Waals surface area (Å²) in [5.74, 6) is 0.965. The molecular weight excluding hydrogens is 204 g/mol. The number of hydrogen-bond donors (Lipinski definition) is 3. The van der Waals surface area contributed by atoms with Crippen LogP contribution in [0.2, 0.25) is 0 Å². The summed E-state index contributed by atoms with van der Waals surface area (Å²) in [7, 11) is 0. The number of amides is 1. The number of nitrogens with zero attached hydrogens (tertiary/aromatic N) is 1. The smallest absolute Gasteiger partial charge is 0.224 e. The van der Waals surface area contributed by atoms with Crippen molar-refractivity contribution in [2.45, 2.75) is 33.2 Å². The maximum absolute atomic E-state index is 11.2. The van der Waals surface area contributed by atoms with Crippen LogP contribution in [-0.2, 0) is 4.79 Å². The van der Waals surface area contributed by atoms with Crippen LogP contribution in [0.3, 0.4) is 0 Å². The molecule has 1 aromatic rings. The van der Waals surface area contributed by atoms with Crippen LogP contribution in [0.15, 0.2) is 12.1 Å². The van der Waals surface area contributed by atoms with Crippen LogP contribution < -0.4 is 16.4 Å². The Balaban J connectivity index is 2.79. The Bertz CT molecular complexity index is 376. The Kier molecular flexibility index (Phi) is 4.10. The van der Waals surface area contributed by atoms with Gasteiger partial charge in [0.2, 0.25) is 5.91 Å². The lowest BCUT2D eigenvalue weighted by atomic mass is 10.3. The Morgan fingerprint density at radius 1 is 1.50 bits per heavy atom. The molecule has 5 heteroatoms. The van der Waals surface area contributed by atoms with E-state index < -0.39 is 0 Å². The van der Waals surface area contributed by atoms with E-state index in [1.165, 1.54) is 0 Å². The number of anilines is 3. The van der Waals surface area contributed by atoms with Crippen molar-refractivity contribution in [2.24, 2.45) is 0 Å². The van der Waals surface area contributed by atoms with Gasteiger partial charge in [-0.2, -0.15) is 0 Å². The highest BCUT2D eigenvalue weighted by molar-refractivity contribution is 5.93. The molecule has 0 fully saturated rings. The maximum atomic E-state index is 11.2. The molecule has 1 rings (SSSR count). The van der Waals surface area contributed by atoms with Crippen molar-refractivity contribution in [1.29, 1.82) is 0 Å². The van der Waals surface area contributed by atoms with Crippen LogP contribution in [0.1, 0.15) is 27.2 Å². The fraction of sp³-hybridized carbons (Fsp3) is 0.455. The zero-order chi connectivity index (χ0) is 12.1. The van der Waals surface area contributed by atoms with E-state index in [0.717, 1.165) is 0 Å². The largest absolute Gasteiger partial charge is 0.382 e. The monoisotopic (exact) mass is 222 g/mol. The minimum Gasteiger partial charge on any atom is -0.382 e. The average Bonchev–Trinajstić information content (AvgIpc) is 2.21. The molecule has 0 unspecified atom stereocenters. The van der Waals surface area contributed by atoms with Gasteiger partial charge in [-0.3, -0.25) is 4.79 Å². The molecule has 1 amide bonds. The third kappa shape index (κ3) is 3.42. The fourth-order valence-corrected chi connectivity index (χ4v) is 1.20. The summed E-state index contributed by atoms with van der Waals surface area (Å²) in [5, 5.41) is 5.82. The van der Waals surface area contributed by atoms with Gasteiger partial charge in [-0.25, -0.2) is 4.98 Å². The fourth-order valence-electron chi connectivity index (χ4n) is 1.20. The van der Waals surface area contributed by atoms with Gasteiger partial charge in [-0.05, 0) is 26.0 Å². The summed E-state index contributed by atoms with van der Waals surface area (Å²) in [6, 6.07) is 3.84. The molecule has 5 nitrogen and oxygen atoms in total. The van der Waals surface area contributed by atoms with Crippen molar-refractivity contribution in [3.05, 3.63) is 12.1 Å². The van der Waals surface area contributed by atoms with Crippen LogP contribution in [0.25, 0.3) is 0 Å². The second kappa shape index (κ2) is 5.34. The summed E-state index contributed by atoms with van der Waals surface area (Å²) in [4.78, 5) is 15.3. The number of rotatable bonds is 4. The average molecular weight is 222 g/mol. The van der Waals surface area contributed by atoms with Crippen molar-refractivity contribution in [3.8, 4) is 0 Å². The van der Waals surface area contributed by atoms with Crippen molar-refractivity contribution in [2.75, 3.05) is 16.4 Å². The highest BCUT2D eigenvalue weighted by atomic mass is 16.1. The first-order valence-electron chi connectivity index (χ1n) is 5.35. The molecule has 0 aromatic carbocycles. The highest BCUT2D eigenvalue weighted by Crippen LogP contribution is 2.19. The molecule has 0 aliphatic heterocycles. The van der Waals surface area contributed by atoms with E-state index in [0.29, 0.717) is 29.8 Å². The molecule has 0 spiro atoms. The SMILES string of the molecule is CCC(=O)Nc1ccc(NC(C)C)nc1N. The summed E-state index contributed by atoms with van der Waals surface area (Å²) >= 11 is 0. The summed E-state index contributed by atoms with van der Waals surface area (Å²) in [5.41, 5.74) is 6.29. The Hall–Kier alpha value is -1.78. The van der Waals surface area contributed by atoms with E-state index in [1.807, 2.05) is 13.8 Å². The molecule has 0 aliphatic carbocycles. The lowest BCUT2D eigenvalue weighted by Crippen LogP contribution is -2.14. The number of aromatic nitrogens is 1. The lowest BCUT2D eigenvalue weighted by Gasteiger charge is -2.11. The van der Waals surface area contributed by atoms with Gasteiger partial charge >= 0.3 is 0 Å². The van der Waals surface area contributed by atoms with Crippen molar-refractivity contribution < 1.29 is 4.79 Å². The third-order valence-corrected chi connectivity index (χ3v) is 1.96. The molecule has 0 bridgehead atoms. The molecule has 16 heavy (non-hydrogen) atoms. The van der Waals surface area contributed by atoms with E-state index in [4.69, 9.17) is 5.73 Å². The summed E-state index contributed by atoms with van der Waals surface area (Å²) < 4.78 is 0. The molecular formula is C11H18N4O. The zero-order valence-corrected chi connectivity index (χ0v) is 9.87. The minimum atomic E-state index is -0.0712. The molecule has 1 aromatic heterocycles. The van der Waals surface area contributed by atoms with Crippen LogP contribution in [0.4, 0.5) is 17.3 Å². The first kappa shape index (κ1) is 12.3. The number of carbonyl (C=O) groups is 1. The summed E-state index contributed by atoms with van der Waals surface area (Å²) in [6.07, 6.45) is 0.422. The van der Waals surface area contributed by atoms with Crippen molar-refractivity contribution in [3.63, 3.8) is 0 Å². The van der Waals surface area contributed by atoms with Gasteiger partial charge in [0.25, 0.3) is 0 Å². The first-order valence-corrected chi connectivity index (χ1v) is 5.35. The van der Waals surface area contributed by atoms with Gasteiger partial charge in [0.15, 0.2) is 0 Å². The molecule has 88 valence electrons. The van der Waals surface area contributed by atoms with Gasteiger partial charge < -0.3 is 16.4 Å². The number of nitrogens with two attached hydrogens (primary N) is 1. The van der Waals surface area contributed by atoms with Gasteiger partial charge in [-0.1, -0.05) is 6.92 Å². The second-order valence-corrected chi connectivity index (χ2v) is 3.83. The van der Waals surface area contributed by atoms with E-state index in [1.54, 1.807) is 19.1 Å². The Morgan fingerprint density at radius 2 is 2.19 bits per heavy atom. The van der Waals surface area contributed by atoms with Crippen molar-refractivity contribution in [1.82, 2.24) is 4.98 Å². The quantitative estimate of drug-likeness (QED) is 0.726. The predicted molar refractivity (Wildman–Crippen MR) is 66.3 cm³/mol. The van der Waals surface area contributed by atoms with E-state index in [2.05, 4.69) is 15.6 Å². The van der Waals surface area contributed by atoms with Gasteiger partial charge in [0.1, 0.15) is 11.6 Å². The van der Waals surface area contributed by atoms with Crippen LogP contribution in [-0.4, -0.2) is 16.9 Å². The highest BCUT2D eigenvalue weighted by Gasteiger charge is 2.05. The Labute approximate surface area is 95.4 Å². The van der Waals surface area contributed by atoms with Crippen molar-refractivity contribution >= 4 is 23.2 Å². The molecule has 4 N–H and O–H groups in total. The maximum Gasteiger partial charge on any atom is 0.224 e. The first-order chi connectivity index (χ1) is 7.52. The molecule has 0 radical (unpaired) electrons. The predicted octanol–water partition coefficient (Wildman–Crippen LogP) is 1.83. The Morgan fingerprint density at radius 3 is 2.69 bits per heavy atom. The number of hydrogen-bond acceptors (Lipinski definition) is 4. The van der Waals surface area contributed by atoms with Crippen LogP contribution in [0.5, 0.6) is 0 Å². The molecule has 0 atom stereocenters. The number of carbonyl (C=O) groups excluding carboxylic acids is 1. The second-order valence-electron chi connectivity index (χ2n) is 3.83. The summed E-state index contributed by atoms with van der Waals surface area (Å²) in [6.45, 7) is 5.82. The topological polar surface area (TPSA) is 80.0 Å². The number of nitrogen functional groups attached to an aromatic ring is 1. The normalized spacial score (nSPS) is 10.2. The van der Waals surface area contributed by atoms with E-state index in [9.17, 15) is 4.79 Å². The molecule has 0 aliphatic rings. The number of nitrogens with one attached hydrogen (secondary N) is 2. The number of pyridine rings is 1. The molecule has 0 saturated carbocycles. The van der Waals surface area contributed by atoms with Crippen LogP contribution >= 0.6 is 0 Å². The lowest BCUT2D eigenvalue weighted by molar-refractivity contribution is -0.115. The standard InChI is InChI=1S/C11H18N4O/c1-4-10(16)14-8-5-6-9(13-7(2)3)15-11(8)12/h5-7H,4H2,1-3H3,(H,14,16)(H3,12,13,15). The minimum absolute atomic E-state index is 0.0712. The van der Waals surface area contributed by atoms with Gasteiger partial charge in [-0.15, -0.1) is 0 Å². The van der Waals surface area contributed by atoms with Gasteiger partial charge in [0, 0.05) is 12.5 Å².